The summed E-state index contributed by atoms with van der Waals surface area (Å²) >= 11 is 0. The van der Waals surface area contributed by atoms with Gasteiger partial charge in [0.25, 0.3) is 5.91 Å². The van der Waals surface area contributed by atoms with E-state index in [1.54, 1.807) is 12.3 Å². The van der Waals surface area contributed by atoms with E-state index in [9.17, 15) is 9.59 Å². The zero-order chi connectivity index (χ0) is 19.7. The van der Waals surface area contributed by atoms with Gasteiger partial charge < -0.3 is 5.32 Å². The van der Waals surface area contributed by atoms with Gasteiger partial charge in [0, 0.05) is 24.5 Å². The summed E-state index contributed by atoms with van der Waals surface area (Å²) in [5.41, 5.74) is 1.95. The normalized spacial score (nSPS) is 24.6. The Kier molecular flexibility index (Phi) is 4.87. The van der Waals surface area contributed by atoms with E-state index < -0.39 is 0 Å². The van der Waals surface area contributed by atoms with Gasteiger partial charge in [-0.25, -0.2) is 9.97 Å². The number of nitrogens with zero attached hydrogens (tertiary/aromatic N) is 3. The number of hydrogen-bond donors (Lipinski definition) is 1. The van der Waals surface area contributed by atoms with E-state index in [1.165, 1.54) is 0 Å². The quantitative estimate of drug-likeness (QED) is 0.890. The fraction of sp³-hybridized carbons (Fsp3) is 0.455. The molecular weight excluding hydrogens is 352 g/mol. The summed E-state index contributed by atoms with van der Waals surface area (Å²) < 4.78 is 0. The predicted molar refractivity (Wildman–Crippen MR) is 107 cm³/mol. The number of pyridine rings is 2. The number of amides is 2. The Morgan fingerprint density at radius 2 is 2.07 bits per heavy atom. The lowest BCUT2D eigenvalue weighted by Gasteiger charge is -2.36. The molecule has 3 heterocycles. The molecule has 1 saturated carbocycles. The van der Waals surface area contributed by atoms with Crippen LogP contribution in [0, 0.1) is 19.3 Å². The lowest BCUT2D eigenvalue weighted by molar-refractivity contribution is -0.127. The molecule has 2 aromatic rings. The van der Waals surface area contributed by atoms with Crippen LogP contribution in [0.5, 0.6) is 0 Å². The molecule has 6 heteroatoms. The minimum absolute atomic E-state index is 0.00145. The van der Waals surface area contributed by atoms with Crippen molar-refractivity contribution < 1.29 is 9.59 Å². The van der Waals surface area contributed by atoms with Gasteiger partial charge in [0.05, 0.1) is 5.41 Å². The molecule has 1 aliphatic heterocycles. The molecule has 2 amide bonds. The summed E-state index contributed by atoms with van der Waals surface area (Å²) in [6.45, 7) is 4.55. The molecule has 0 bridgehead atoms. The Morgan fingerprint density at radius 1 is 1.21 bits per heavy atom. The van der Waals surface area contributed by atoms with Crippen molar-refractivity contribution in [3.63, 3.8) is 0 Å². The van der Waals surface area contributed by atoms with E-state index in [0.717, 1.165) is 42.8 Å². The number of carbonyl (C=O) groups is 2. The van der Waals surface area contributed by atoms with Crippen LogP contribution in [0.15, 0.2) is 36.5 Å². The molecule has 1 aliphatic carbocycles. The fourth-order valence-electron chi connectivity index (χ4n) is 4.49. The van der Waals surface area contributed by atoms with Gasteiger partial charge in [-0.15, -0.1) is 0 Å². The molecule has 28 heavy (non-hydrogen) atoms. The van der Waals surface area contributed by atoms with Gasteiger partial charge in [-0.05, 0) is 63.3 Å². The highest BCUT2D eigenvalue weighted by atomic mass is 16.2. The molecule has 6 nitrogen and oxygen atoms in total. The Bertz CT molecular complexity index is 896. The molecule has 1 spiro atoms. The first-order valence-corrected chi connectivity index (χ1v) is 9.96. The molecule has 2 aromatic heterocycles. The molecule has 146 valence electrons. The summed E-state index contributed by atoms with van der Waals surface area (Å²) in [6, 6.07) is 9.34. The topological polar surface area (TPSA) is 75.2 Å². The second kappa shape index (κ2) is 7.34. The molecule has 2 atom stereocenters. The molecule has 0 radical (unpaired) electrons. The molecule has 4 rings (SSSR count). The summed E-state index contributed by atoms with van der Waals surface area (Å²) in [4.78, 5) is 36.4. The molecule has 2 aliphatic rings. The number of nitrogens with one attached hydrogen (secondary N) is 1. The number of hydrogen-bond acceptors (Lipinski definition) is 4. The highest BCUT2D eigenvalue weighted by Gasteiger charge is 2.50. The van der Waals surface area contributed by atoms with E-state index in [1.807, 2.05) is 43.0 Å². The van der Waals surface area contributed by atoms with Gasteiger partial charge >= 0.3 is 0 Å². The van der Waals surface area contributed by atoms with Crippen molar-refractivity contribution >= 4 is 17.6 Å². The lowest BCUT2D eigenvalue weighted by atomic mass is 9.71. The average Bonchev–Trinajstić information content (AvgIpc) is 2.98. The highest BCUT2D eigenvalue weighted by Crippen LogP contribution is 2.45. The molecule has 1 N–H and O–H groups in total. The van der Waals surface area contributed by atoms with Gasteiger partial charge in [-0.3, -0.25) is 14.5 Å². The lowest BCUT2D eigenvalue weighted by Crippen LogP contribution is -2.46. The maximum Gasteiger partial charge on any atom is 0.270 e. The van der Waals surface area contributed by atoms with E-state index >= 15 is 0 Å². The summed E-state index contributed by atoms with van der Waals surface area (Å²) in [5, 5.41) is 3.11. The maximum atomic E-state index is 13.3. The molecular formula is C22H26N4O2. The van der Waals surface area contributed by atoms with Crippen LogP contribution in [0.1, 0.15) is 53.8 Å². The first-order valence-electron chi connectivity index (χ1n) is 9.96. The van der Waals surface area contributed by atoms with Crippen molar-refractivity contribution in [3.8, 4) is 0 Å². The second-order valence-electron chi connectivity index (χ2n) is 8.11. The SMILES string of the molecule is Cc1ccc(N2CCC3(CCC[C@H](NC(=O)c4cccc(C)n4)C3)C2=O)nc1. The Balaban J connectivity index is 1.46. The Morgan fingerprint density at radius 3 is 2.82 bits per heavy atom. The summed E-state index contributed by atoms with van der Waals surface area (Å²) in [7, 11) is 0. The largest absolute Gasteiger partial charge is 0.348 e. The zero-order valence-electron chi connectivity index (χ0n) is 16.4. The van der Waals surface area contributed by atoms with Crippen LogP contribution in [-0.2, 0) is 4.79 Å². The van der Waals surface area contributed by atoms with Crippen molar-refractivity contribution in [3.05, 3.63) is 53.5 Å². The first kappa shape index (κ1) is 18.6. The molecule has 2 fully saturated rings. The Labute approximate surface area is 165 Å². The highest BCUT2D eigenvalue weighted by molar-refractivity contribution is 5.99. The number of rotatable bonds is 3. The van der Waals surface area contributed by atoms with Crippen molar-refractivity contribution in [2.24, 2.45) is 5.41 Å². The monoisotopic (exact) mass is 378 g/mol. The van der Waals surface area contributed by atoms with Gasteiger partial charge in [-0.1, -0.05) is 18.6 Å². The third-order valence-electron chi connectivity index (χ3n) is 5.99. The number of anilines is 1. The zero-order valence-corrected chi connectivity index (χ0v) is 16.4. The van der Waals surface area contributed by atoms with E-state index in [0.29, 0.717) is 18.7 Å². The van der Waals surface area contributed by atoms with E-state index in [2.05, 4.69) is 15.3 Å². The summed E-state index contributed by atoms with van der Waals surface area (Å²) in [5.74, 6) is 0.715. The Hall–Kier alpha value is -2.76. The van der Waals surface area contributed by atoms with Crippen LogP contribution in [0.3, 0.4) is 0 Å². The first-order chi connectivity index (χ1) is 13.5. The van der Waals surface area contributed by atoms with Crippen molar-refractivity contribution in [1.82, 2.24) is 15.3 Å². The second-order valence-corrected chi connectivity index (χ2v) is 8.11. The third-order valence-corrected chi connectivity index (χ3v) is 5.99. The van der Waals surface area contributed by atoms with Crippen LogP contribution < -0.4 is 10.2 Å². The standard InChI is InChI=1S/C22H26N4O2/c1-15-8-9-19(23-14-15)26-12-11-22(21(26)28)10-4-6-17(13-22)25-20(27)18-7-3-5-16(2)24-18/h3,5,7-9,14,17H,4,6,10-13H2,1-2H3,(H,25,27)/t17-,22?/m0/s1. The van der Waals surface area contributed by atoms with Gasteiger partial charge in [0.15, 0.2) is 0 Å². The van der Waals surface area contributed by atoms with Crippen LogP contribution in [0.25, 0.3) is 0 Å². The number of aryl methyl sites for hydroxylation is 2. The van der Waals surface area contributed by atoms with Crippen molar-refractivity contribution in [1.29, 1.82) is 0 Å². The maximum absolute atomic E-state index is 13.3. The third kappa shape index (κ3) is 3.51. The minimum atomic E-state index is -0.386. The van der Waals surface area contributed by atoms with Crippen LogP contribution in [0.4, 0.5) is 5.82 Å². The molecule has 1 saturated heterocycles. The van der Waals surface area contributed by atoms with Gasteiger partial charge in [-0.2, -0.15) is 0 Å². The molecule has 0 aromatic carbocycles. The van der Waals surface area contributed by atoms with Crippen LogP contribution >= 0.6 is 0 Å². The van der Waals surface area contributed by atoms with Crippen molar-refractivity contribution in [2.75, 3.05) is 11.4 Å². The van der Waals surface area contributed by atoms with E-state index in [-0.39, 0.29) is 23.3 Å². The smallest absolute Gasteiger partial charge is 0.270 e. The van der Waals surface area contributed by atoms with Gasteiger partial charge in [0.1, 0.15) is 11.5 Å². The van der Waals surface area contributed by atoms with Crippen molar-refractivity contribution in [2.45, 2.75) is 52.0 Å². The average molecular weight is 378 g/mol. The summed E-state index contributed by atoms with van der Waals surface area (Å²) in [6.07, 6.45) is 6.01. The molecule has 1 unspecified atom stereocenters. The van der Waals surface area contributed by atoms with Crippen LogP contribution in [-0.4, -0.2) is 34.4 Å². The predicted octanol–water partition coefficient (Wildman–Crippen LogP) is 3.19. The minimum Gasteiger partial charge on any atom is -0.348 e. The fourth-order valence-corrected chi connectivity index (χ4v) is 4.49. The van der Waals surface area contributed by atoms with Crippen LogP contribution in [0.2, 0.25) is 0 Å². The number of aromatic nitrogens is 2. The van der Waals surface area contributed by atoms with Gasteiger partial charge in [0.2, 0.25) is 5.91 Å². The number of carbonyl (C=O) groups excluding carboxylic acids is 2. The van der Waals surface area contributed by atoms with E-state index in [4.69, 9.17) is 0 Å².